The molecule has 28 heavy (non-hydrogen) atoms. The maximum atomic E-state index is 14.1. The number of furan rings is 1. The highest BCUT2D eigenvalue weighted by atomic mass is 35.5. The number of aryl methyl sites for hydroxylation is 1. The summed E-state index contributed by atoms with van der Waals surface area (Å²) < 4.78 is 26.0. The van der Waals surface area contributed by atoms with Crippen LogP contribution in [0.15, 0.2) is 41.1 Å². The van der Waals surface area contributed by atoms with E-state index in [-0.39, 0.29) is 35.3 Å². The predicted octanol–water partition coefficient (Wildman–Crippen LogP) is 4.58. The lowest BCUT2D eigenvalue weighted by Crippen LogP contribution is -2.14. The largest absolute Gasteiger partial charge is 0.456 e. The molecule has 2 aromatic heterocycles. The Morgan fingerprint density at radius 1 is 1.32 bits per heavy atom. The van der Waals surface area contributed by atoms with Gasteiger partial charge in [-0.3, -0.25) is 14.8 Å². The number of hydrogen-bond donors (Lipinski definition) is 1. The molecule has 0 radical (unpaired) electrons. The van der Waals surface area contributed by atoms with Crippen LogP contribution in [-0.2, 0) is 17.9 Å². The van der Waals surface area contributed by atoms with E-state index in [1.165, 1.54) is 17.8 Å². The molecular formula is C19H17ClFN3O4. The summed E-state index contributed by atoms with van der Waals surface area (Å²) in [5.74, 6) is 0.150. The molecule has 0 fully saturated rings. The molecular weight excluding hydrogens is 389 g/mol. The minimum absolute atomic E-state index is 0.117. The normalized spacial score (nSPS) is 10.7. The minimum atomic E-state index is -0.770. The van der Waals surface area contributed by atoms with Crippen molar-refractivity contribution < 1.29 is 23.1 Å². The molecule has 7 nitrogen and oxygen atoms in total. The molecule has 2 heterocycles. The Morgan fingerprint density at radius 3 is 2.82 bits per heavy atom. The van der Waals surface area contributed by atoms with Gasteiger partial charge in [0.15, 0.2) is 11.5 Å². The number of benzene rings is 1. The van der Waals surface area contributed by atoms with E-state index in [2.05, 4.69) is 10.4 Å². The molecule has 0 aliphatic carbocycles. The molecule has 1 amide bonds. The zero-order valence-corrected chi connectivity index (χ0v) is 15.9. The van der Waals surface area contributed by atoms with Crippen molar-refractivity contribution in [3.63, 3.8) is 0 Å². The van der Waals surface area contributed by atoms with E-state index < -0.39 is 11.9 Å². The van der Waals surface area contributed by atoms with Crippen LogP contribution in [0.4, 0.5) is 14.9 Å². The lowest BCUT2D eigenvalue weighted by molar-refractivity contribution is 0.0985. The summed E-state index contributed by atoms with van der Waals surface area (Å²) >= 11 is 5.95. The van der Waals surface area contributed by atoms with Gasteiger partial charge >= 0.3 is 6.09 Å². The summed E-state index contributed by atoms with van der Waals surface area (Å²) in [6.45, 7) is 3.00. The van der Waals surface area contributed by atoms with Crippen molar-refractivity contribution in [3.05, 3.63) is 70.1 Å². The van der Waals surface area contributed by atoms with Crippen molar-refractivity contribution in [1.82, 2.24) is 9.78 Å². The van der Waals surface area contributed by atoms with Crippen molar-refractivity contribution in [2.24, 2.45) is 0 Å². The Balaban J connectivity index is 1.56. The van der Waals surface area contributed by atoms with E-state index in [9.17, 15) is 14.0 Å². The second-order valence-electron chi connectivity index (χ2n) is 6.11. The van der Waals surface area contributed by atoms with Crippen LogP contribution in [-0.4, -0.2) is 21.7 Å². The standard InChI is InChI=1S/C19H17ClFN3O4/c1-11-3-5-16(20)15(18(11)21)10-27-19(26)23-13-7-22-24(8-13)9-14-4-6-17(28-14)12(2)25/h3-8H,9-10H2,1-2H3,(H,23,26). The molecule has 3 rings (SSSR count). The topological polar surface area (TPSA) is 86.4 Å². The van der Waals surface area contributed by atoms with Crippen LogP contribution in [0.5, 0.6) is 0 Å². The molecule has 0 bridgehead atoms. The smallest absolute Gasteiger partial charge is 0.412 e. The lowest BCUT2D eigenvalue weighted by Gasteiger charge is -2.09. The van der Waals surface area contributed by atoms with Gasteiger partial charge in [0.2, 0.25) is 0 Å². The first-order valence-electron chi connectivity index (χ1n) is 8.33. The number of anilines is 1. The molecule has 146 valence electrons. The van der Waals surface area contributed by atoms with E-state index in [1.54, 1.807) is 37.4 Å². The van der Waals surface area contributed by atoms with Crippen molar-refractivity contribution in [2.45, 2.75) is 27.0 Å². The first-order chi connectivity index (χ1) is 13.3. The number of ketones is 1. The third-order valence-corrected chi connectivity index (χ3v) is 4.29. The molecule has 3 aromatic rings. The number of ether oxygens (including phenoxy) is 1. The van der Waals surface area contributed by atoms with Crippen LogP contribution < -0.4 is 5.32 Å². The summed E-state index contributed by atoms with van der Waals surface area (Å²) in [7, 11) is 0. The fourth-order valence-electron chi connectivity index (χ4n) is 2.47. The van der Waals surface area contributed by atoms with Crippen molar-refractivity contribution >= 4 is 29.2 Å². The zero-order chi connectivity index (χ0) is 20.3. The second-order valence-corrected chi connectivity index (χ2v) is 6.51. The molecule has 0 aliphatic heterocycles. The Hall–Kier alpha value is -3.13. The number of Topliss-reactive ketones (excluding diaryl/α,β-unsaturated/α-hetero) is 1. The van der Waals surface area contributed by atoms with Gasteiger partial charge in [-0.1, -0.05) is 17.7 Å². The highest BCUT2D eigenvalue weighted by molar-refractivity contribution is 6.31. The Bertz CT molecular complexity index is 1030. The van der Waals surface area contributed by atoms with E-state index in [0.717, 1.165) is 0 Å². The summed E-state index contributed by atoms with van der Waals surface area (Å²) in [4.78, 5) is 23.2. The summed E-state index contributed by atoms with van der Waals surface area (Å²) in [6.07, 6.45) is 2.22. The number of nitrogens with one attached hydrogen (secondary N) is 1. The monoisotopic (exact) mass is 405 g/mol. The van der Waals surface area contributed by atoms with Gasteiger partial charge in [-0.2, -0.15) is 5.10 Å². The number of nitrogens with zero attached hydrogens (tertiary/aromatic N) is 2. The van der Waals surface area contributed by atoms with Crippen molar-refractivity contribution in [2.75, 3.05) is 5.32 Å². The molecule has 0 unspecified atom stereocenters. The second kappa shape index (κ2) is 8.26. The van der Waals surface area contributed by atoms with Gasteiger partial charge in [0.25, 0.3) is 0 Å². The number of aromatic nitrogens is 2. The van der Waals surface area contributed by atoms with Crippen LogP contribution in [0, 0.1) is 12.7 Å². The summed E-state index contributed by atoms with van der Waals surface area (Å²) in [6, 6.07) is 6.37. The quantitative estimate of drug-likeness (QED) is 0.607. The van der Waals surface area contributed by atoms with Gasteiger partial charge in [-0.15, -0.1) is 0 Å². The Kier molecular flexibility index (Phi) is 5.79. The fraction of sp³-hybridized carbons (Fsp3) is 0.211. The predicted molar refractivity (Wildman–Crippen MR) is 100.0 cm³/mol. The Morgan fingerprint density at radius 2 is 2.11 bits per heavy atom. The van der Waals surface area contributed by atoms with E-state index in [4.69, 9.17) is 20.8 Å². The first kappa shape index (κ1) is 19.6. The number of rotatable bonds is 6. The Labute approximate surface area is 165 Å². The number of halogens is 2. The van der Waals surface area contributed by atoms with E-state index in [0.29, 0.717) is 17.0 Å². The van der Waals surface area contributed by atoms with E-state index >= 15 is 0 Å². The number of carbonyl (C=O) groups is 2. The lowest BCUT2D eigenvalue weighted by atomic mass is 10.1. The van der Waals surface area contributed by atoms with Crippen LogP contribution in [0.3, 0.4) is 0 Å². The van der Waals surface area contributed by atoms with Crippen LogP contribution in [0.2, 0.25) is 5.02 Å². The molecule has 0 saturated heterocycles. The third-order valence-electron chi connectivity index (χ3n) is 3.93. The number of amides is 1. The molecule has 1 aromatic carbocycles. The van der Waals surface area contributed by atoms with Crippen LogP contribution >= 0.6 is 11.6 Å². The highest BCUT2D eigenvalue weighted by Crippen LogP contribution is 2.23. The number of carbonyl (C=O) groups excluding carboxylic acids is 2. The van der Waals surface area contributed by atoms with Crippen molar-refractivity contribution in [1.29, 1.82) is 0 Å². The zero-order valence-electron chi connectivity index (χ0n) is 15.2. The fourth-order valence-corrected chi connectivity index (χ4v) is 2.67. The molecule has 1 N–H and O–H groups in total. The van der Waals surface area contributed by atoms with Gasteiger partial charge in [-0.25, -0.2) is 9.18 Å². The van der Waals surface area contributed by atoms with Gasteiger partial charge < -0.3 is 9.15 Å². The molecule has 9 heteroatoms. The van der Waals surface area contributed by atoms with Crippen LogP contribution in [0.25, 0.3) is 0 Å². The van der Waals surface area contributed by atoms with Gasteiger partial charge in [0, 0.05) is 18.7 Å². The summed E-state index contributed by atoms with van der Waals surface area (Å²) in [5.41, 5.74) is 0.918. The number of hydrogen-bond acceptors (Lipinski definition) is 5. The van der Waals surface area contributed by atoms with Gasteiger partial charge in [-0.05, 0) is 30.7 Å². The molecule has 0 atom stereocenters. The average molecular weight is 406 g/mol. The maximum absolute atomic E-state index is 14.1. The van der Waals surface area contributed by atoms with Gasteiger partial charge in [0.1, 0.15) is 18.2 Å². The summed E-state index contributed by atoms with van der Waals surface area (Å²) in [5, 5.41) is 6.78. The first-order valence-corrected chi connectivity index (χ1v) is 8.70. The van der Waals surface area contributed by atoms with E-state index in [1.807, 2.05) is 0 Å². The third kappa shape index (κ3) is 4.58. The molecule has 0 saturated carbocycles. The van der Waals surface area contributed by atoms with Crippen molar-refractivity contribution in [3.8, 4) is 0 Å². The SMILES string of the molecule is CC(=O)c1ccc(Cn2cc(NC(=O)OCc3c(Cl)ccc(C)c3F)cn2)o1. The molecule has 0 aliphatic rings. The minimum Gasteiger partial charge on any atom is -0.456 e. The highest BCUT2D eigenvalue weighted by Gasteiger charge is 2.14. The molecule has 0 spiro atoms. The maximum Gasteiger partial charge on any atom is 0.412 e. The van der Waals surface area contributed by atoms with Crippen LogP contribution in [0.1, 0.15) is 34.4 Å². The average Bonchev–Trinajstić information content (AvgIpc) is 3.28. The van der Waals surface area contributed by atoms with Gasteiger partial charge in [0.05, 0.1) is 23.5 Å².